The van der Waals surface area contributed by atoms with Crippen molar-refractivity contribution in [1.29, 1.82) is 0 Å². The predicted molar refractivity (Wildman–Crippen MR) is 89.3 cm³/mol. The summed E-state index contributed by atoms with van der Waals surface area (Å²) >= 11 is 0. The van der Waals surface area contributed by atoms with E-state index < -0.39 is 0 Å². The van der Waals surface area contributed by atoms with Crippen LogP contribution in [0.5, 0.6) is 5.75 Å². The third-order valence-corrected chi connectivity index (χ3v) is 5.27. The molecule has 0 radical (unpaired) electrons. The number of aryl methyl sites for hydroxylation is 1. The second-order valence-corrected chi connectivity index (χ2v) is 6.83. The number of hydrogen-bond acceptors (Lipinski definition) is 2. The molecule has 22 heavy (non-hydrogen) atoms. The minimum absolute atomic E-state index is 0.260. The lowest BCUT2D eigenvalue weighted by Crippen LogP contribution is -2.43. The average molecular weight is 293 g/mol. The quantitative estimate of drug-likeness (QED) is 0.832. The van der Waals surface area contributed by atoms with Crippen LogP contribution in [0.2, 0.25) is 0 Å². The van der Waals surface area contributed by atoms with E-state index in [1.807, 2.05) is 0 Å². The molecule has 1 fully saturated rings. The van der Waals surface area contributed by atoms with Gasteiger partial charge in [0.15, 0.2) is 0 Å². The Bertz CT molecular complexity index is 657. The van der Waals surface area contributed by atoms with Crippen molar-refractivity contribution in [3.8, 4) is 5.75 Å². The van der Waals surface area contributed by atoms with Gasteiger partial charge < -0.3 is 4.74 Å². The van der Waals surface area contributed by atoms with E-state index in [0.717, 1.165) is 32.0 Å². The number of ether oxygens (including phenoxy) is 1. The third-order valence-electron chi connectivity index (χ3n) is 5.27. The standard InChI is InChI=1S/C20H23NO/c1-16-7-8-18-19(13-16)22-15-20(18)9-11-21(12-10-20)14-17-5-3-2-4-6-17/h2-8,13H,9-12,14-15H2,1H3. The van der Waals surface area contributed by atoms with Gasteiger partial charge in [-0.2, -0.15) is 0 Å². The van der Waals surface area contributed by atoms with Crippen molar-refractivity contribution in [2.75, 3.05) is 19.7 Å². The fraction of sp³-hybridized carbons (Fsp3) is 0.400. The van der Waals surface area contributed by atoms with Crippen LogP contribution in [0.15, 0.2) is 48.5 Å². The van der Waals surface area contributed by atoms with Crippen molar-refractivity contribution in [2.45, 2.75) is 31.7 Å². The van der Waals surface area contributed by atoms with Crippen molar-refractivity contribution in [3.63, 3.8) is 0 Å². The largest absolute Gasteiger partial charge is 0.492 e. The molecule has 0 atom stereocenters. The summed E-state index contributed by atoms with van der Waals surface area (Å²) in [6.45, 7) is 6.39. The molecule has 2 aromatic carbocycles. The smallest absolute Gasteiger partial charge is 0.123 e. The van der Waals surface area contributed by atoms with Crippen LogP contribution >= 0.6 is 0 Å². The van der Waals surface area contributed by atoms with Crippen LogP contribution in [0.3, 0.4) is 0 Å². The summed E-state index contributed by atoms with van der Waals surface area (Å²) in [5.74, 6) is 1.12. The summed E-state index contributed by atoms with van der Waals surface area (Å²) in [7, 11) is 0. The highest BCUT2D eigenvalue weighted by atomic mass is 16.5. The summed E-state index contributed by atoms with van der Waals surface area (Å²) in [6, 6.07) is 17.5. The van der Waals surface area contributed by atoms with Gasteiger partial charge in [-0.1, -0.05) is 42.5 Å². The molecular formula is C20H23NO. The monoisotopic (exact) mass is 293 g/mol. The Hall–Kier alpha value is -1.80. The molecule has 2 heterocycles. The lowest BCUT2D eigenvalue weighted by atomic mass is 9.74. The van der Waals surface area contributed by atoms with E-state index in [2.05, 4.69) is 60.4 Å². The maximum atomic E-state index is 6.01. The van der Waals surface area contributed by atoms with E-state index >= 15 is 0 Å². The molecule has 0 unspecified atom stereocenters. The van der Waals surface area contributed by atoms with Crippen molar-refractivity contribution in [2.24, 2.45) is 0 Å². The Morgan fingerprint density at radius 1 is 1.05 bits per heavy atom. The highest BCUT2D eigenvalue weighted by molar-refractivity contribution is 5.46. The molecule has 4 rings (SSSR count). The van der Waals surface area contributed by atoms with Crippen LogP contribution in [0, 0.1) is 6.92 Å². The number of rotatable bonds is 2. The Morgan fingerprint density at radius 3 is 2.59 bits per heavy atom. The molecule has 0 aliphatic carbocycles. The van der Waals surface area contributed by atoms with Gasteiger partial charge in [0.05, 0.1) is 6.61 Å². The van der Waals surface area contributed by atoms with E-state index in [4.69, 9.17) is 4.74 Å². The Kier molecular flexibility index (Phi) is 3.42. The first-order valence-corrected chi connectivity index (χ1v) is 8.25. The van der Waals surface area contributed by atoms with Gasteiger partial charge in [-0.3, -0.25) is 4.90 Å². The van der Waals surface area contributed by atoms with Gasteiger partial charge in [0.2, 0.25) is 0 Å². The topological polar surface area (TPSA) is 12.5 Å². The maximum Gasteiger partial charge on any atom is 0.123 e. The van der Waals surface area contributed by atoms with Crippen molar-refractivity contribution in [1.82, 2.24) is 4.90 Å². The fourth-order valence-corrected chi connectivity index (χ4v) is 3.88. The van der Waals surface area contributed by atoms with Gasteiger partial charge in [0, 0.05) is 17.5 Å². The molecular weight excluding hydrogens is 270 g/mol. The number of benzene rings is 2. The summed E-state index contributed by atoms with van der Waals surface area (Å²) in [4.78, 5) is 2.58. The molecule has 2 nitrogen and oxygen atoms in total. The number of hydrogen-bond donors (Lipinski definition) is 0. The lowest BCUT2D eigenvalue weighted by molar-refractivity contribution is 0.130. The van der Waals surface area contributed by atoms with Crippen molar-refractivity contribution >= 4 is 0 Å². The first-order chi connectivity index (χ1) is 10.8. The molecule has 0 bridgehead atoms. The van der Waals surface area contributed by atoms with Gasteiger partial charge in [0.1, 0.15) is 5.75 Å². The fourth-order valence-electron chi connectivity index (χ4n) is 3.88. The third kappa shape index (κ3) is 2.42. The number of nitrogens with zero attached hydrogens (tertiary/aromatic N) is 1. The Balaban J connectivity index is 1.47. The van der Waals surface area contributed by atoms with Crippen LogP contribution in [0.1, 0.15) is 29.5 Å². The van der Waals surface area contributed by atoms with Crippen molar-refractivity contribution in [3.05, 3.63) is 65.2 Å². The molecule has 2 heteroatoms. The van der Waals surface area contributed by atoms with Gasteiger partial charge in [-0.15, -0.1) is 0 Å². The Labute approximate surface area is 132 Å². The van der Waals surface area contributed by atoms with E-state index in [0.29, 0.717) is 0 Å². The highest BCUT2D eigenvalue weighted by Crippen LogP contribution is 2.45. The first-order valence-electron chi connectivity index (χ1n) is 8.25. The van der Waals surface area contributed by atoms with Gasteiger partial charge in [0.25, 0.3) is 0 Å². The lowest BCUT2D eigenvalue weighted by Gasteiger charge is -2.38. The number of piperidine rings is 1. The Morgan fingerprint density at radius 2 is 1.82 bits per heavy atom. The summed E-state index contributed by atoms with van der Waals surface area (Å²) in [6.07, 6.45) is 2.41. The summed E-state index contributed by atoms with van der Waals surface area (Å²) < 4.78 is 6.01. The molecule has 1 spiro atoms. The van der Waals surface area contributed by atoms with Crippen LogP contribution in [-0.4, -0.2) is 24.6 Å². The molecule has 1 saturated heterocycles. The SMILES string of the molecule is Cc1ccc2c(c1)OCC21CCN(Cc2ccccc2)CC1. The van der Waals surface area contributed by atoms with Gasteiger partial charge in [-0.25, -0.2) is 0 Å². The van der Waals surface area contributed by atoms with Gasteiger partial charge in [-0.05, 0) is 50.0 Å². The minimum atomic E-state index is 0.260. The number of fused-ring (bicyclic) bond motifs is 2. The zero-order valence-electron chi connectivity index (χ0n) is 13.2. The molecule has 0 aromatic heterocycles. The molecule has 0 saturated carbocycles. The van der Waals surface area contributed by atoms with Crippen LogP contribution in [0.25, 0.3) is 0 Å². The van der Waals surface area contributed by atoms with E-state index in [-0.39, 0.29) is 5.41 Å². The second kappa shape index (κ2) is 5.44. The maximum absolute atomic E-state index is 6.01. The van der Waals surface area contributed by atoms with E-state index in [1.165, 1.54) is 29.5 Å². The van der Waals surface area contributed by atoms with E-state index in [1.54, 1.807) is 0 Å². The first kappa shape index (κ1) is 13.8. The molecule has 2 aliphatic heterocycles. The zero-order valence-corrected chi connectivity index (χ0v) is 13.2. The van der Waals surface area contributed by atoms with Crippen LogP contribution in [0.4, 0.5) is 0 Å². The second-order valence-electron chi connectivity index (χ2n) is 6.83. The average Bonchev–Trinajstić information content (AvgIpc) is 2.89. The van der Waals surface area contributed by atoms with E-state index in [9.17, 15) is 0 Å². The minimum Gasteiger partial charge on any atom is -0.492 e. The number of likely N-dealkylation sites (tertiary alicyclic amines) is 1. The zero-order chi connectivity index (χ0) is 15.0. The van der Waals surface area contributed by atoms with Crippen LogP contribution in [-0.2, 0) is 12.0 Å². The van der Waals surface area contributed by atoms with Gasteiger partial charge >= 0.3 is 0 Å². The molecule has 2 aromatic rings. The molecule has 2 aliphatic rings. The van der Waals surface area contributed by atoms with Crippen molar-refractivity contribution < 1.29 is 4.74 Å². The summed E-state index contributed by atoms with van der Waals surface area (Å²) in [5, 5.41) is 0. The summed E-state index contributed by atoms with van der Waals surface area (Å²) in [5.41, 5.74) is 4.41. The van der Waals surface area contributed by atoms with Crippen LogP contribution < -0.4 is 4.74 Å². The predicted octanol–water partition coefficient (Wildman–Crippen LogP) is 3.92. The molecule has 114 valence electrons. The highest BCUT2D eigenvalue weighted by Gasteiger charge is 2.42. The molecule has 0 N–H and O–H groups in total. The normalized spacial score (nSPS) is 19.9. The molecule has 0 amide bonds.